The van der Waals surface area contributed by atoms with Crippen molar-refractivity contribution in [3.63, 3.8) is 0 Å². The maximum atomic E-state index is 3.78. The van der Waals surface area contributed by atoms with Crippen LogP contribution in [0.25, 0.3) is 0 Å². The van der Waals surface area contributed by atoms with E-state index < -0.39 is 0 Å². The maximum Gasteiger partial charge on any atom is 0.0369 e. The van der Waals surface area contributed by atoms with Crippen LogP contribution < -0.4 is 5.32 Å². The molecule has 0 fully saturated rings. The molecule has 2 heteroatoms. The van der Waals surface area contributed by atoms with E-state index in [2.05, 4.69) is 72.0 Å². The topological polar surface area (TPSA) is 12.0 Å². The maximum absolute atomic E-state index is 3.78. The van der Waals surface area contributed by atoms with Gasteiger partial charge in [0.05, 0.1) is 0 Å². The molecule has 3 atom stereocenters. The average molecular weight is 292 g/mol. The number of hydrogen-bond donors (Lipinski definition) is 1. The Bertz CT molecular complexity index is 473. The highest BCUT2D eigenvalue weighted by Crippen LogP contribution is 2.45. The number of benzene rings is 1. The molecule has 1 aromatic rings. The number of fused-ring (bicyclic) bond motifs is 1. The van der Waals surface area contributed by atoms with Gasteiger partial charge in [0.2, 0.25) is 0 Å². The van der Waals surface area contributed by atoms with Crippen LogP contribution in [0.5, 0.6) is 0 Å². The Balaban J connectivity index is 2.45. The number of hydrogen-bond acceptors (Lipinski definition) is 2. The predicted octanol–water partition coefficient (Wildman–Crippen LogP) is 5.15. The molecule has 20 heavy (non-hydrogen) atoms. The Morgan fingerprint density at radius 2 is 1.80 bits per heavy atom. The van der Waals surface area contributed by atoms with Crippen molar-refractivity contribution in [2.24, 2.45) is 5.92 Å². The lowest BCUT2D eigenvalue weighted by atomic mass is 9.83. The first-order chi connectivity index (χ1) is 9.20. The molecule has 0 amide bonds. The summed E-state index contributed by atoms with van der Waals surface area (Å²) in [6, 6.07) is 8.07. The molecule has 0 saturated heterocycles. The zero-order chi connectivity index (χ0) is 15.1. The number of nitrogens with one attached hydrogen (secondary N) is 1. The quantitative estimate of drug-likeness (QED) is 0.808. The van der Waals surface area contributed by atoms with Gasteiger partial charge in [-0.3, -0.25) is 0 Å². The molecule has 0 aromatic heterocycles. The minimum Gasteiger partial charge on any atom is -0.307 e. The molecule has 0 radical (unpaired) electrons. The van der Waals surface area contributed by atoms with Gasteiger partial charge in [-0.2, -0.15) is 0 Å². The van der Waals surface area contributed by atoms with Crippen molar-refractivity contribution >= 4 is 11.8 Å². The van der Waals surface area contributed by atoms with Crippen LogP contribution in [0.15, 0.2) is 23.1 Å². The van der Waals surface area contributed by atoms with Crippen molar-refractivity contribution in [3.05, 3.63) is 29.3 Å². The minimum absolute atomic E-state index is 0.217. The molecule has 0 bridgehead atoms. The Labute approximate surface area is 128 Å². The summed E-state index contributed by atoms with van der Waals surface area (Å²) >= 11 is 2.03. The summed E-state index contributed by atoms with van der Waals surface area (Å²) in [5, 5.41) is 4.45. The molecule has 1 aromatic carbocycles. The van der Waals surface area contributed by atoms with E-state index in [1.165, 1.54) is 16.0 Å². The Kier molecular flexibility index (Phi) is 4.56. The summed E-state index contributed by atoms with van der Waals surface area (Å²) in [6.07, 6.45) is 0. The smallest absolute Gasteiger partial charge is 0.0369 e. The summed E-state index contributed by atoms with van der Waals surface area (Å²) in [4.78, 5) is 1.46. The molecule has 3 unspecified atom stereocenters. The van der Waals surface area contributed by atoms with Crippen LogP contribution in [0.1, 0.15) is 65.6 Å². The zero-order valence-corrected chi connectivity index (χ0v) is 14.8. The van der Waals surface area contributed by atoms with Crippen LogP contribution in [-0.2, 0) is 5.41 Å². The van der Waals surface area contributed by atoms with E-state index in [-0.39, 0.29) is 5.41 Å². The highest BCUT2D eigenvalue weighted by atomic mass is 32.2. The highest BCUT2D eigenvalue weighted by molar-refractivity contribution is 8.00. The minimum atomic E-state index is 0.217. The predicted molar refractivity (Wildman–Crippen MR) is 90.6 cm³/mol. The van der Waals surface area contributed by atoms with Crippen molar-refractivity contribution in [1.82, 2.24) is 5.32 Å². The fourth-order valence-electron chi connectivity index (χ4n) is 2.83. The number of thioether (sulfide) groups is 1. The lowest BCUT2D eigenvalue weighted by molar-refractivity contribution is 0.347. The van der Waals surface area contributed by atoms with E-state index in [1.54, 1.807) is 0 Å². The first kappa shape index (κ1) is 15.9. The lowest BCUT2D eigenvalue weighted by Gasteiger charge is -2.38. The molecule has 1 heterocycles. The van der Waals surface area contributed by atoms with Crippen LogP contribution in [0.4, 0.5) is 0 Å². The monoisotopic (exact) mass is 291 g/mol. The Morgan fingerprint density at radius 1 is 1.15 bits per heavy atom. The van der Waals surface area contributed by atoms with E-state index in [0.717, 1.165) is 0 Å². The van der Waals surface area contributed by atoms with Gasteiger partial charge in [0.25, 0.3) is 0 Å². The molecule has 1 nitrogen and oxygen atoms in total. The molecule has 0 saturated carbocycles. The van der Waals surface area contributed by atoms with Gasteiger partial charge in [-0.25, -0.2) is 0 Å². The zero-order valence-electron chi connectivity index (χ0n) is 13.9. The van der Waals surface area contributed by atoms with Gasteiger partial charge in [0.15, 0.2) is 0 Å². The Morgan fingerprint density at radius 3 is 2.35 bits per heavy atom. The molecule has 1 aliphatic rings. The largest absolute Gasteiger partial charge is 0.307 e. The second kappa shape index (κ2) is 5.73. The molecule has 1 N–H and O–H groups in total. The van der Waals surface area contributed by atoms with Crippen LogP contribution in [0.3, 0.4) is 0 Å². The SMILES string of the molecule is CC(C)NC1c2cc(C(C)(C)C)ccc2SC(C)C1C. The van der Waals surface area contributed by atoms with Gasteiger partial charge in [0, 0.05) is 22.2 Å². The first-order valence-corrected chi connectivity index (χ1v) is 8.65. The van der Waals surface area contributed by atoms with E-state index in [9.17, 15) is 0 Å². The average Bonchev–Trinajstić information content (AvgIpc) is 2.33. The lowest BCUT2D eigenvalue weighted by Crippen LogP contribution is -2.38. The fourth-order valence-corrected chi connectivity index (χ4v) is 4.07. The van der Waals surface area contributed by atoms with Crippen molar-refractivity contribution in [1.29, 1.82) is 0 Å². The summed E-state index contributed by atoms with van der Waals surface area (Å²) in [6.45, 7) is 16.1. The van der Waals surface area contributed by atoms with E-state index in [1.807, 2.05) is 11.8 Å². The van der Waals surface area contributed by atoms with Crippen LogP contribution in [0.2, 0.25) is 0 Å². The van der Waals surface area contributed by atoms with Gasteiger partial charge >= 0.3 is 0 Å². The summed E-state index contributed by atoms with van der Waals surface area (Å²) in [5.74, 6) is 0.658. The van der Waals surface area contributed by atoms with Crippen LogP contribution >= 0.6 is 11.8 Å². The third kappa shape index (κ3) is 3.23. The summed E-state index contributed by atoms with van der Waals surface area (Å²) in [7, 11) is 0. The normalized spacial score (nSPS) is 26.7. The van der Waals surface area contributed by atoms with Gasteiger partial charge in [-0.05, 0) is 28.5 Å². The molecule has 0 spiro atoms. The first-order valence-electron chi connectivity index (χ1n) is 7.77. The van der Waals surface area contributed by atoms with Gasteiger partial charge < -0.3 is 5.32 Å². The van der Waals surface area contributed by atoms with Crippen molar-refractivity contribution < 1.29 is 0 Å². The van der Waals surface area contributed by atoms with E-state index in [0.29, 0.717) is 23.3 Å². The second-order valence-corrected chi connectivity index (χ2v) is 8.90. The van der Waals surface area contributed by atoms with E-state index in [4.69, 9.17) is 0 Å². The van der Waals surface area contributed by atoms with Gasteiger partial charge in [-0.15, -0.1) is 11.8 Å². The summed E-state index contributed by atoms with van der Waals surface area (Å²) in [5.41, 5.74) is 3.16. The third-order valence-electron chi connectivity index (χ3n) is 4.30. The number of rotatable bonds is 2. The van der Waals surface area contributed by atoms with Crippen molar-refractivity contribution in [2.45, 2.75) is 76.1 Å². The fraction of sp³-hybridized carbons (Fsp3) is 0.667. The molecule has 2 rings (SSSR count). The van der Waals surface area contributed by atoms with E-state index >= 15 is 0 Å². The van der Waals surface area contributed by atoms with Crippen molar-refractivity contribution in [3.8, 4) is 0 Å². The third-order valence-corrected chi connectivity index (χ3v) is 5.73. The molecule has 0 aliphatic carbocycles. The van der Waals surface area contributed by atoms with Gasteiger partial charge in [-0.1, -0.05) is 60.6 Å². The highest BCUT2D eigenvalue weighted by Gasteiger charge is 2.33. The van der Waals surface area contributed by atoms with Crippen molar-refractivity contribution in [2.75, 3.05) is 0 Å². The molecule has 1 aliphatic heterocycles. The van der Waals surface area contributed by atoms with Crippen LogP contribution in [0, 0.1) is 5.92 Å². The molecular formula is C18H29NS. The molecular weight excluding hydrogens is 262 g/mol. The second-order valence-electron chi connectivity index (χ2n) is 7.48. The standard InChI is InChI=1S/C18H29NS/c1-11(2)19-17-12(3)13(4)20-16-9-8-14(10-15(16)17)18(5,6)7/h8-13,17,19H,1-7H3. The summed E-state index contributed by atoms with van der Waals surface area (Å²) < 4.78 is 0. The van der Waals surface area contributed by atoms with Crippen LogP contribution in [-0.4, -0.2) is 11.3 Å². The molecule has 112 valence electrons. The van der Waals surface area contributed by atoms with Gasteiger partial charge in [0.1, 0.15) is 0 Å². The Hall–Kier alpha value is -0.470.